The van der Waals surface area contributed by atoms with Gasteiger partial charge >= 0.3 is 0 Å². The molecule has 0 N–H and O–H groups in total. The zero-order chi connectivity index (χ0) is 21.8. The van der Waals surface area contributed by atoms with Crippen LogP contribution in [0.4, 0.5) is 0 Å². The molecule has 164 valence electrons. The van der Waals surface area contributed by atoms with Crippen LogP contribution in [0.25, 0.3) is 0 Å². The van der Waals surface area contributed by atoms with Crippen LogP contribution < -0.4 is 0 Å². The van der Waals surface area contributed by atoms with E-state index in [4.69, 9.17) is 4.74 Å². The summed E-state index contributed by atoms with van der Waals surface area (Å²) in [6.07, 6.45) is 16.0. The molecule has 2 heteroatoms. The second kappa shape index (κ2) is 12.5. The van der Waals surface area contributed by atoms with E-state index in [-0.39, 0.29) is 5.60 Å². The second-order valence-electron chi connectivity index (χ2n) is 10.6. The van der Waals surface area contributed by atoms with E-state index in [0.29, 0.717) is 23.2 Å². The number of rotatable bonds is 7. The molecule has 0 aliphatic heterocycles. The highest BCUT2D eigenvalue weighted by molar-refractivity contribution is 5.38. The van der Waals surface area contributed by atoms with E-state index in [2.05, 4.69) is 80.5 Å². The van der Waals surface area contributed by atoms with Crippen LogP contribution in [0, 0.1) is 16.7 Å². The van der Waals surface area contributed by atoms with E-state index in [0.717, 1.165) is 25.7 Å². The van der Waals surface area contributed by atoms with Gasteiger partial charge in [-0.05, 0) is 74.2 Å². The Kier molecular flexibility index (Phi) is 12.0. The van der Waals surface area contributed by atoms with Gasteiger partial charge < -0.3 is 4.74 Å². The van der Waals surface area contributed by atoms with E-state index in [1.165, 1.54) is 31.3 Å². The van der Waals surface area contributed by atoms with Crippen molar-refractivity contribution in [3.8, 4) is 0 Å². The van der Waals surface area contributed by atoms with Crippen molar-refractivity contribution < 1.29 is 9.53 Å². The molecular weight excluding hydrogens is 344 g/mol. The number of hydrogen-bond donors (Lipinski definition) is 0. The van der Waals surface area contributed by atoms with E-state index in [9.17, 15) is 4.79 Å². The fourth-order valence-electron chi connectivity index (χ4n) is 4.06. The summed E-state index contributed by atoms with van der Waals surface area (Å²) < 4.78 is 5.14. The van der Waals surface area contributed by atoms with Crippen LogP contribution in [0.1, 0.15) is 114 Å². The average Bonchev–Trinajstić information content (AvgIpc) is 2.61. The third-order valence-corrected chi connectivity index (χ3v) is 5.85. The van der Waals surface area contributed by atoms with Crippen molar-refractivity contribution in [3.05, 3.63) is 23.8 Å². The topological polar surface area (TPSA) is 26.3 Å². The van der Waals surface area contributed by atoms with E-state index < -0.39 is 0 Å². The Hall–Kier alpha value is -1.05. The average molecular weight is 393 g/mol. The molecular formula is C26H48O2. The zero-order valence-electron chi connectivity index (χ0n) is 20.4. The van der Waals surface area contributed by atoms with Gasteiger partial charge in [0.1, 0.15) is 5.60 Å². The van der Waals surface area contributed by atoms with Crippen LogP contribution in [0.15, 0.2) is 23.8 Å². The monoisotopic (exact) mass is 392 g/mol. The molecule has 1 fully saturated rings. The second-order valence-corrected chi connectivity index (χ2v) is 10.6. The number of hydrogen-bond acceptors (Lipinski definition) is 2. The smallest absolute Gasteiger partial charge is 0.293 e. The summed E-state index contributed by atoms with van der Waals surface area (Å²) in [4.78, 5) is 10.2. The lowest BCUT2D eigenvalue weighted by Crippen LogP contribution is -2.33. The molecule has 0 aromatic heterocycles. The predicted molar refractivity (Wildman–Crippen MR) is 123 cm³/mol. The largest absolute Gasteiger partial charge is 0.461 e. The molecule has 0 radical (unpaired) electrons. The maximum atomic E-state index is 10.2. The highest BCUT2D eigenvalue weighted by Gasteiger charge is 2.31. The van der Waals surface area contributed by atoms with Gasteiger partial charge in [-0.2, -0.15) is 0 Å². The normalized spacial score (nSPS) is 19.0. The molecule has 0 spiro atoms. The van der Waals surface area contributed by atoms with Gasteiger partial charge in [0.05, 0.1) is 0 Å². The lowest BCUT2D eigenvalue weighted by atomic mass is 9.68. The highest BCUT2D eigenvalue weighted by atomic mass is 16.5. The molecule has 1 unspecified atom stereocenters. The van der Waals surface area contributed by atoms with Crippen molar-refractivity contribution >= 4 is 6.47 Å². The Morgan fingerprint density at radius 3 is 1.96 bits per heavy atom. The molecule has 1 saturated carbocycles. The SMILES string of the molecule is C/C=C(\C=C/CC)C(CC(C)(C)C)C(C)(C)C.CCC1(OC=O)CCCCC1. The minimum Gasteiger partial charge on any atom is -0.461 e. The fourth-order valence-corrected chi connectivity index (χ4v) is 4.06. The zero-order valence-corrected chi connectivity index (χ0v) is 20.4. The third-order valence-electron chi connectivity index (χ3n) is 5.85. The van der Waals surface area contributed by atoms with Gasteiger partial charge in [-0.15, -0.1) is 0 Å². The molecule has 1 rings (SSSR count). The number of carbonyl (C=O) groups excluding carboxylic acids is 1. The minimum absolute atomic E-state index is 0.0972. The first-order valence-electron chi connectivity index (χ1n) is 11.4. The maximum absolute atomic E-state index is 10.2. The van der Waals surface area contributed by atoms with E-state index >= 15 is 0 Å². The molecule has 0 bridgehead atoms. The molecule has 0 heterocycles. The Balaban J connectivity index is 0.000000567. The highest BCUT2D eigenvalue weighted by Crippen LogP contribution is 2.41. The number of carbonyl (C=O) groups is 1. The minimum atomic E-state index is -0.0972. The lowest BCUT2D eigenvalue weighted by Gasteiger charge is -2.36. The Bertz CT molecular complexity index is 480. The standard InChI is InChI=1S/C17H32.C9H16O2/c1-9-11-12-14(10-2)15(17(6,7)8)13-16(3,4)5;1-2-9(11-8-10)6-4-3-5-7-9/h10-12,15H,9,13H2,1-8H3;8H,2-7H2,1H3/b12-11-,14-10+;. The maximum Gasteiger partial charge on any atom is 0.293 e. The predicted octanol–water partition coefficient (Wildman–Crippen LogP) is 8.27. The number of allylic oxidation sites excluding steroid dienone is 4. The first-order valence-corrected chi connectivity index (χ1v) is 11.4. The Labute approximate surface area is 176 Å². The van der Waals surface area contributed by atoms with Crippen LogP contribution >= 0.6 is 0 Å². The molecule has 1 aliphatic rings. The van der Waals surface area contributed by atoms with Gasteiger partial charge in [-0.25, -0.2) is 0 Å². The fraction of sp³-hybridized carbons (Fsp3) is 0.808. The summed E-state index contributed by atoms with van der Waals surface area (Å²) in [5, 5.41) is 0. The van der Waals surface area contributed by atoms with Crippen molar-refractivity contribution in [2.24, 2.45) is 16.7 Å². The van der Waals surface area contributed by atoms with E-state index in [1.54, 1.807) is 0 Å². The van der Waals surface area contributed by atoms with Gasteiger partial charge in [-0.3, -0.25) is 4.79 Å². The van der Waals surface area contributed by atoms with Gasteiger partial charge in [0.2, 0.25) is 0 Å². The molecule has 0 aromatic rings. The summed E-state index contributed by atoms with van der Waals surface area (Å²) in [5.74, 6) is 0.635. The van der Waals surface area contributed by atoms with Gasteiger partial charge in [0.15, 0.2) is 0 Å². The van der Waals surface area contributed by atoms with Gasteiger partial charge in [0.25, 0.3) is 6.47 Å². The molecule has 2 nitrogen and oxygen atoms in total. The summed E-state index contributed by atoms with van der Waals surface area (Å²) in [6.45, 7) is 21.1. The van der Waals surface area contributed by atoms with Crippen molar-refractivity contribution in [3.63, 3.8) is 0 Å². The molecule has 1 atom stereocenters. The molecule has 1 aliphatic carbocycles. The quantitative estimate of drug-likeness (QED) is 0.322. The molecule has 28 heavy (non-hydrogen) atoms. The molecule has 0 saturated heterocycles. The van der Waals surface area contributed by atoms with Gasteiger partial charge in [-0.1, -0.05) is 80.0 Å². The lowest BCUT2D eigenvalue weighted by molar-refractivity contribution is -0.147. The van der Waals surface area contributed by atoms with Crippen molar-refractivity contribution in [2.45, 2.75) is 119 Å². The molecule has 0 amide bonds. The van der Waals surface area contributed by atoms with Crippen LogP contribution in [0.5, 0.6) is 0 Å². The van der Waals surface area contributed by atoms with Crippen LogP contribution in [0.2, 0.25) is 0 Å². The van der Waals surface area contributed by atoms with Crippen LogP contribution in [-0.2, 0) is 9.53 Å². The van der Waals surface area contributed by atoms with Crippen molar-refractivity contribution in [2.75, 3.05) is 0 Å². The Morgan fingerprint density at radius 1 is 1.04 bits per heavy atom. The first kappa shape index (κ1) is 27.0. The van der Waals surface area contributed by atoms with Crippen LogP contribution in [0.3, 0.4) is 0 Å². The number of ether oxygens (including phenoxy) is 1. The Morgan fingerprint density at radius 2 is 1.61 bits per heavy atom. The van der Waals surface area contributed by atoms with Crippen molar-refractivity contribution in [1.29, 1.82) is 0 Å². The first-order chi connectivity index (χ1) is 12.9. The van der Waals surface area contributed by atoms with E-state index in [1.807, 2.05) is 0 Å². The third kappa shape index (κ3) is 10.5. The van der Waals surface area contributed by atoms with Crippen molar-refractivity contribution in [1.82, 2.24) is 0 Å². The summed E-state index contributed by atoms with van der Waals surface area (Å²) >= 11 is 0. The molecule has 0 aromatic carbocycles. The summed E-state index contributed by atoms with van der Waals surface area (Å²) in [5.41, 5.74) is 2.11. The summed E-state index contributed by atoms with van der Waals surface area (Å²) in [7, 11) is 0. The van der Waals surface area contributed by atoms with Gasteiger partial charge in [0, 0.05) is 0 Å². The van der Waals surface area contributed by atoms with Crippen LogP contribution in [-0.4, -0.2) is 12.1 Å². The summed E-state index contributed by atoms with van der Waals surface area (Å²) in [6, 6.07) is 0.